The number of carbonyl (C=O) groups is 2. The summed E-state index contributed by atoms with van der Waals surface area (Å²) in [6.07, 6.45) is 2.24. The van der Waals surface area contributed by atoms with Crippen molar-refractivity contribution < 1.29 is 19.4 Å². The minimum absolute atomic E-state index is 0.181. The average Bonchev–Trinajstić information content (AvgIpc) is 2.36. The van der Waals surface area contributed by atoms with Crippen LogP contribution in [0, 0.1) is 0 Å². The van der Waals surface area contributed by atoms with Crippen LogP contribution in [0.25, 0.3) is 6.08 Å². The quantitative estimate of drug-likeness (QED) is 0.770. The molecular formula is C14H17NO4. The molecule has 0 atom stereocenters. The Morgan fingerprint density at radius 2 is 2.05 bits per heavy atom. The topological polar surface area (TPSA) is 75.6 Å². The predicted octanol–water partition coefficient (Wildman–Crippen LogP) is 2.04. The normalized spacial score (nSPS) is 10.9. The number of aliphatic carboxylic acids is 1. The summed E-state index contributed by atoms with van der Waals surface area (Å²) in [6.45, 7) is 3.79. The number of carboxylic acids is 1. The van der Waals surface area contributed by atoms with E-state index < -0.39 is 11.9 Å². The fourth-order valence-electron chi connectivity index (χ4n) is 1.44. The third-order valence-corrected chi connectivity index (χ3v) is 2.22. The van der Waals surface area contributed by atoms with E-state index in [-0.39, 0.29) is 5.70 Å². The van der Waals surface area contributed by atoms with E-state index >= 15 is 0 Å². The number of amides is 1. The molecule has 1 aromatic rings. The van der Waals surface area contributed by atoms with Gasteiger partial charge in [-0.2, -0.15) is 0 Å². The molecule has 1 rings (SSSR count). The fourth-order valence-corrected chi connectivity index (χ4v) is 1.44. The van der Waals surface area contributed by atoms with Gasteiger partial charge in [-0.15, -0.1) is 0 Å². The van der Waals surface area contributed by atoms with Crippen LogP contribution >= 0.6 is 0 Å². The summed E-state index contributed by atoms with van der Waals surface area (Å²) in [4.78, 5) is 22.0. The summed E-state index contributed by atoms with van der Waals surface area (Å²) in [7, 11) is 0. The van der Waals surface area contributed by atoms with Gasteiger partial charge in [0, 0.05) is 12.5 Å². The van der Waals surface area contributed by atoms with Gasteiger partial charge in [0.05, 0.1) is 6.61 Å². The monoisotopic (exact) mass is 263 g/mol. The van der Waals surface area contributed by atoms with Crippen molar-refractivity contribution in [3.05, 3.63) is 35.5 Å². The number of carbonyl (C=O) groups excluding carboxylic acids is 1. The van der Waals surface area contributed by atoms with Crippen molar-refractivity contribution in [3.8, 4) is 5.75 Å². The first-order valence-corrected chi connectivity index (χ1v) is 5.99. The van der Waals surface area contributed by atoms with Gasteiger partial charge in [-0.05, 0) is 18.6 Å². The number of benzene rings is 1. The van der Waals surface area contributed by atoms with Crippen LogP contribution in [0.15, 0.2) is 30.0 Å². The van der Waals surface area contributed by atoms with E-state index in [9.17, 15) is 9.59 Å². The van der Waals surface area contributed by atoms with Crippen LogP contribution in [0.4, 0.5) is 0 Å². The van der Waals surface area contributed by atoms with Crippen molar-refractivity contribution in [1.29, 1.82) is 0 Å². The second kappa shape index (κ2) is 7.20. The standard InChI is InChI=1S/C14H17NO4/c1-3-8-19-13-7-5-4-6-11(13)9-12(14(17)18)15-10(2)16/h4-7,9H,3,8H2,1-2H3,(H,15,16)(H,17,18). The Morgan fingerprint density at radius 3 is 2.63 bits per heavy atom. The maximum Gasteiger partial charge on any atom is 0.352 e. The van der Waals surface area contributed by atoms with E-state index in [2.05, 4.69) is 5.32 Å². The zero-order valence-electron chi connectivity index (χ0n) is 11.0. The molecule has 0 aliphatic rings. The highest BCUT2D eigenvalue weighted by Gasteiger charge is 2.10. The lowest BCUT2D eigenvalue weighted by atomic mass is 10.1. The number of hydrogen-bond donors (Lipinski definition) is 2. The molecule has 0 aliphatic carbocycles. The fraction of sp³-hybridized carbons (Fsp3) is 0.286. The number of hydrogen-bond acceptors (Lipinski definition) is 3. The Morgan fingerprint density at radius 1 is 1.37 bits per heavy atom. The maximum absolute atomic E-state index is 11.0. The molecule has 5 nitrogen and oxygen atoms in total. The summed E-state index contributed by atoms with van der Waals surface area (Å²) in [5.74, 6) is -1.03. The number of carboxylic acid groups (broad SMARTS) is 1. The van der Waals surface area contributed by atoms with Crippen LogP contribution in [0.3, 0.4) is 0 Å². The minimum Gasteiger partial charge on any atom is -0.493 e. The summed E-state index contributed by atoms with van der Waals surface area (Å²) in [6, 6.07) is 7.07. The molecule has 0 unspecified atom stereocenters. The summed E-state index contributed by atoms with van der Waals surface area (Å²) in [5.41, 5.74) is 0.433. The van der Waals surface area contributed by atoms with Crippen LogP contribution in [0.1, 0.15) is 25.8 Å². The highest BCUT2D eigenvalue weighted by molar-refractivity contribution is 5.96. The zero-order valence-corrected chi connectivity index (χ0v) is 11.0. The summed E-state index contributed by atoms with van der Waals surface area (Å²) >= 11 is 0. The van der Waals surface area contributed by atoms with Crippen molar-refractivity contribution in [2.75, 3.05) is 6.61 Å². The number of ether oxygens (including phenoxy) is 1. The molecule has 0 fully saturated rings. The predicted molar refractivity (Wildman–Crippen MR) is 71.7 cm³/mol. The van der Waals surface area contributed by atoms with Crippen LogP contribution in [-0.4, -0.2) is 23.6 Å². The Labute approximate surface area is 111 Å². The SMILES string of the molecule is CCCOc1ccccc1C=C(NC(C)=O)C(=O)O. The van der Waals surface area contributed by atoms with E-state index in [1.165, 1.54) is 13.0 Å². The zero-order chi connectivity index (χ0) is 14.3. The molecule has 0 aromatic heterocycles. The van der Waals surface area contributed by atoms with E-state index in [1.54, 1.807) is 24.3 Å². The molecule has 0 spiro atoms. The molecule has 0 bridgehead atoms. The Balaban J connectivity index is 3.05. The Kier molecular flexibility index (Phi) is 5.60. The molecule has 0 saturated heterocycles. The van der Waals surface area contributed by atoms with Crippen LogP contribution in [0.2, 0.25) is 0 Å². The van der Waals surface area contributed by atoms with E-state index in [4.69, 9.17) is 9.84 Å². The molecular weight excluding hydrogens is 246 g/mol. The van der Waals surface area contributed by atoms with Crippen LogP contribution in [0.5, 0.6) is 5.75 Å². The molecule has 0 aliphatic heterocycles. The van der Waals surface area contributed by atoms with Gasteiger partial charge in [-0.3, -0.25) is 4.79 Å². The van der Waals surface area contributed by atoms with Crippen molar-refractivity contribution >= 4 is 18.0 Å². The van der Waals surface area contributed by atoms with Crippen LogP contribution in [-0.2, 0) is 9.59 Å². The van der Waals surface area contributed by atoms with E-state index in [0.717, 1.165) is 6.42 Å². The van der Waals surface area contributed by atoms with Gasteiger partial charge >= 0.3 is 5.97 Å². The van der Waals surface area contributed by atoms with Gasteiger partial charge in [0.25, 0.3) is 0 Å². The van der Waals surface area contributed by atoms with Gasteiger partial charge in [0.2, 0.25) is 5.91 Å². The van der Waals surface area contributed by atoms with Crippen molar-refractivity contribution in [1.82, 2.24) is 5.32 Å². The molecule has 1 aromatic carbocycles. The lowest BCUT2D eigenvalue weighted by Crippen LogP contribution is -2.24. The molecule has 19 heavy (non-hydrogen) atoms. The van der Waals surface area contributed by atoms with Gasteiger partial charge < -0.3 is 15.2 Å². The molecule has 0 heterocycles. The summed E-state index contributed by atoms with van der Waals surface area (Å²) in [5, 5.41) is 11.3. The number of para-hydroxylation sites is 1. The summed E-state index contributed by atoms with van der Waals surface area (Å²) < 4.78 is 5.52. The van der Waals surface area contributed by atoms with Crippen LogP contribution < -0.4 is 10.1 Å². The lowest BCUT2D eigenvalue weighted by molar-refractivity contribution is -0.134. The largest absolute Gasteiger partial charge is 0.493 e. The smallest absolute Gasteiger partial charge is 0.352 e. The van der Waals surface area contributed by atoms with Crippen molar-refractivity contribution in [2.24, 2.45) is 0 Å². The number of rotatable bonds is 6. The van der Waals surface area contributed by atoms with Gasteiger partial charge in [0.1, 0.15) is 11.4 Å². The molecule has 5 heteroatoms. The molecule has 1 amide bonds. The second-order valence-electron chi connectivity index (χ2n) is 3.93. The Bertz CT molecular complexity index is 494. The van der Waals surface area contributed by atoms with Crippen molar-refractivity contribution in [2.45, 2.75) is 20.3 Å². The third-order valence-electron chi connectivity index (χ3n) is 2.22. The highest BCUT2D eigenvalue weighted by Crippen LogP contribution is 2.20. The van der Waals surface area contributed by atoms with Crippen molar-refractivity contribution in [3.63, 3.8) is 0 Å². The van der Waals surface area contributed by atoms with Gasteiger partial charge in [-0.1, -0.05) is 25.1 Å². The first kappa shape index (κ1) is 14.8. The van der Waals surface area contributed by atoms with Gasteiger partial charge in [0.15, 0.2) is 0 Å². The lowest BCUT2D eigenvalue weighted by Gasteiger charge is -2.09. The van der Waals surface area contributed by atoms with E-state index in [0.29, 0.717) is 17.9 Å². The first-order chi connectivity index (χ1) is 9.04. The Hall–Kier alpha value is -2.30. The highest BCUT2D eigenvalue weighted by atomic mass is 16.5. The molecule has 2 N–H and O–H groups in total. The van der Waals surface area contributed by atoms with E-state index in [1.807, 2.05) is 6.92 Å². The minimum atomic E-state index is -1.19. The number of nitrogens with one attached hydrogen (secondary N) is 1. The molecule has 102 valence electrons. The molecule has 0 radical (unpaired) electrons. The first-order valence-electron chi connectivity index (χ1n) is 5.99. The van der Waals surface area contributed by atoms with Gasteiger partial charge in [-0.25, -0.2) is 4.79 Å². The molecule has 0 saturated carbocycles. The second-order valence-corrected chi connectivity index (χ2v) is 3.93. The maximum atomic E-state index is 11.0. The average molecular weight is 263 g/mol. The third kappa shape index (κ3) is 4.83.